The highest BCUT2D eigenvalue weighted by Gasteiger charge is 2.41. The van der Waals surface area contributed by atoms with Crippen LogP contribution in [0.1, 0.15) is 54.9 Å². The van der Waals surface area contributed by atoms with E-state index in [4.69, 9.17) is 0 Å². The lowest BCUT2D eigenvalue weighted by molar-refractivity contribution is 0.0926. The molecule has 6 rings (SSSR count). The highest BCUT2D eigenvalue weighted by atomic mass is 32.2. The van der Waals surface area contributed by atoms with Gasteiger partial charge in [0.25, 0.3) is 5.91 Å². The quantitative estimate of drug-likeness (QED) is 0.245. The van der Waals surface area contributed by atoms with Crippen LogP contribution in [0.4, 0.5) is 14.6 Å². The van der Waals surface area contributed by atoms with Crippen molar-refractivity contribution >= 4 is 32.8 Å². The van der Waals surface area contributed by atoms with E-state index in [1.54, 1.807) is 36.4 Å². The fourth-order valence-electron chi connectivity index (χ4n) is 5.92. The zero-order chi connectivity index (χ0) is 31.8. The third-order valence-electron chi connectivity index (χ3n) is 8.33. The molecule has 2 aliphatic carbocycles. The Kier molecular flexibility index (Phi) is 8.23. The summed E-state index contributed by atoms with van der Waals surface area (Å²) in [6.45, 7) is 1.28. The Morgan fingerprint density at radius 3 is 2.78 bits per heavy atom. The van der Waals surface area contributed by atoms with Crippen molar-refractivity contribution in [2.75, 3.05) is 5.32 Å². The number of rotatable bonds is 8. The van der Waals surface area contributed by atoms with Crippen molar-refractivity contribution in [3.05, 3.63) is 96.0 Å². The number of hydrogen-bond donors (Lipinski definition) is 3. The molecule has 3 atom stereocenters. The summed E-state index contributed by atoms with van der Waals surface area (Å²) in [7, 11) is -4.20. The molecule has 45 heavy (non-hydrogen) atoms. The molecule has 3 N–H and O–H groups in total. The summed E-state index contributed by atoms with van der Waals surface area (Å²) in [5.41, 5.74) is 1.54. The van der Waals surface area contributed by atoms with Crippen LogP contribution in [0, 0.1) is 5.82 Å². The van der Waals surface area contributed by atoms with Crippen molar-refractivity contribution in [3.63, 3.8) is 0 Å². The minimum Gasteiger partial charge on any atom is -0.392 e. The number of aliphatic hydroxyl groups is 1. The van der Waals surface area contributed by atoms with Gasteiger partial charge in [-0.25, -0.2) is 36.1 Å². The van der Waals surface area contributed by atoms with Gasteiger partial charge < -0.3 is 15.7 Å². The molecule has 3 heterocycles. The summed E-state index contributed by atoms with van der Waals surface area (Å²) in [4.78, 5) is 25.8. The van der Waals surface area contributed by atoms with E-state index in [0.717, 1.165) is 35.5 Å². The Labute approximate surface area is 259 Å². The van der Waals surface area contributed by atoms with Crippen molar-refractivity contribution in [2.45, 2.75) is 62.5 Å². The van der Waals surface area contributed by atoms with Gasteiger partial charge in [0.05, 0.1) is 12.8 Å². The minimum atomic E-state index is -4.20. The van der Waals surface area contributed by atoms with E-state index in [9.17, 15) is 22.7 Å². The Hall–Kier alpha value is -4.49. The number of fused-ring (bicyclic) bond motifs is 1. The molecule has 234 valence electrons. The van der Waals surface area contributed by atoms with Gasteiger partial charge in [-0.15, -0.1) is 0 Å². The number of amides is 1. The number of hydrogen-bond acceptors (Lipinski definition) is 8. The molecular formula is C32H32F2N6O4S. The Balaban J connectivity index is 1.25. The first-order valence-electron chi connectivity index (χ1n) is 14.6. The maximum Gasteiger partial charge on any atom is 0.251 e. The molecule has 0 bridgehead atoms. The van der Waals surface area contributed by atoms with Gasteiger partial charge in [0.1, 0.15) is 10.6 Å². The molecule has 1 aromatic carbocycles. The summed E-state index contributed by atoms with van der Waals surface area (Å²) in [6, 6.07) is 9.75. The van der Waals surface area contributed by atoms with Crippen molar-refractivity contribution in [1.29, 1.82) is 0 Å². The number of benzene rings is 1. The topological polar surface area (TPSA) is 139 Å². The third kappa shape index (κ3) is 5.97. The number of carbonyl (C=O) groups is 1. The van der Waals surface area contributed by atoms with E-state index < -0.39 is 26.4 Å². The predicted molar refractivity (Wildman–Crippen MR) is 166 cm³/mol. The van der Waals surface area contributed by atoms with E-state index in [1.165, 1.54) is 31.5 Å². The summed E-state index contributed by atoms with van der Waals surface area (Å²) in [5.74, 6) is -1.53. The van der Waals surface area contributed by atoms with Gasteiger partial charge in [0.2, 0.25) is 10.0 Å². The van der Waals surface area contributed by atoms with Crippen LogP contribution in [0.5, 0.6) is 0 Å². The predicted octanol–water partition coefficient (Wildman–Crippen LogP) is 5.03. The second kappa shape index (κ2) is 12.1. The first kappa shape index (κ1) is 30.5. The highest BCUT2D eigenvalue weighted by Crippen LogP contribution is 2.36. The van der Waals surface area contributed by atoms with Crippen LogP contribution in [-0.2, 0) is 16.6 Å². The van der Waals surface area contributed by atoms with E-state index in [-0.39, 0.29) is 48.3 Å². The van der Waals surface area contributed by atoms with Gasteiger partial charge in [-0.2, -0.15) is 0 Å². The van der Waals surface area contributed by atoms with Crippen LogP contribution in [0.15, 0.2) is 79.0 Å². The molecule has 1 saturated carbocycles. The number of aromatic nitrogens is 4. The molecule has 0 spiro atoms. The largest absolute Gasteiger partial charge is 0.392 e. The number of nitrogens with zero attached hydrogens (tertiary/aromatic N) is 4. The fourth-order valence-corrected chi connectivity index (χ4v) is 7.56. The minimum absolute atomic E-state index is 0.0466. The van der Waals surface area contributed by atoms with Crippen LogP contribution in [-0.4, -0.2) is 55.2 Å². The lowest BCUT2D eigenvalue weighted by Gasteiger charge is -2.30. The average Bonchev–Trinajstić information content (AvgIpc) is 3.43. The highest BCUT2D eigenvalue weighted by molar-refractivity contribution is 7.91. The number of anilines is 1. The molecule has 0 aliphatic heterocycles. The fraction of sp³-hybridized carbons (Fsp3) is 0.312. The van der Waals surface area contributed by atoms with Crippen molar-refractivity contribution in [2.24, 2.45) is 0 Å². The molecule has 13 heteroatoms. The molecule has 0 saturated heterocycles. The Morgan fingerprint density at radius 2 is 1.98 bits per heavy atom. The van der Waals surface area contributed by atoms with Crippen molar-refractivity contribution in [3.8, 4) is 11.4 Å². The van der Waals surface area contributed by atoms with E-state index in [2.05, 4.69) is 25.6 Å². The number of allylic oxidation sites excluding steroid dienone is 3. The SMILES string of the molecule is CC1(S(=O)(=O)n2cc(-c3ncc(F)c(N[C@H]4CCC[C@@H](NC(=O)c5cccc(CO)c5)C4)n3)c3cccnc32)C=C(F)C=CC1. The molecule has 10 nitrogen and oxygen atoms in total. The molecule has 1 fully saturated rings. The molecule has 1 amide bonds. The maximum atomic E-state index is 15.0. The van der Waals surface area contributed by atoms with E-state index in [0.29, 0.717) is 28.5 Å². The smallest absolute Gasteiger partial charge is 0.251 e. The standard InChI is InChI=1S/C32H32F2N6O4S/c1-32(12-4-8-22(33)16-32)45(43,44)40-18-26(25-11-5-13-35-30(25)40)28-36-17-27(34)29(39-28)37-23-9-3-10-24(15-23)38-31(42)21-7-2-6-20(14-21)19-41/h2,4-8,11,13-14,16-18,23-24,41H,3,9-10,12,15,19H2,1H3,(H,38,42)(H,36,37,39)/t23-,24+,32?/m0/s1. The van der Waals surface area contributed by atoms with Gasteiger partial charge in [-0.3, -0.25) is 4.79 Å². The van der Waals surface area contributed by atoms with Gasteiger partial charge in [0, 0.05) is 41.0 Å². The van der Waals surface area contributed by atoms with Crippen LogP contribution in [0.25, 0.3) is 22.4 Å². The normalized spacial score (nSPS) is 21.8. The Morgan fingerprint density at radius 1 is 1.16 bits per heavy atom. The summed E-state index contributed by atoms with van der Waals surface area (Å²) in [6.07, 6.45) is 10.5. The number of halogens is 2. The number of nitrogens with one attached hydrogen (secondary N) is 2. The van der Waals surface area contributed by atoms with E-state index in [1.807, 2.05) is 0 Å². The zero-order valence-corrected chi connectivity index (χ0v) is 25.3. The number of pyridine rings is 1. The van der Waals surface area contributed by atoms with Gasteiger partial charge in [-0.05, 0) is 81.0 Å². The van der Waals surface area contributed by atoms with Gasteiger partial charge >= 0.3 is 0 Å². The van der Waals surface area contributed by atoms with E-state index >= 15 is 4.39 Å². The molecule has 2 aliphatic rings. The first-order valence-corrected chi connectivity index (χ1v) is 16.1. The van der Waals surface area contributed by atoms with Crippen molar-refractivity contribution < 1.29 is 27.1 Å². The maximum absolute atomic E-state index is 15.0. The summed E-state index contributed by atoms with van der Waals surface area (Å²) < 4.78 is 56.4. The van der Waals surface area contributed by atoms with Crippen LogP contribution >= 0.6 is 0 Å². The zero-order valence-electron chi connectivity index (χ0n) is 24.5. The molecular weight excluding hydrogens is 602 g/mol. The van der Waals surface area contributed by atoms with Crippen LogP contribution in [0.2, 0.25) is 0 Å². The van der Waals surface area contributed by atoms with Gasteiger partial charge in [0.15, 0.2) is 23.1 Å². The summed E-state index contributed by atoms with van der Waals surface area (Å²) >= 11 is 0. The van der Waals surface area contributed by atoms with Crippen molar-refractivity contribution in [1.82, 2.24) is 24.2 Å². The van der Waals surface area contributed by atoms with Crippen LogP contribution < -0.4 is 10.6 Å². The lowest BCUT2D eigenvalue weighted by Crippen LogP contribution is -2.42. The monoisotopic (exact) mass is 634 g/mol. The molecule has 3 aromatic heterocycles. The van der Waals surface area contributed by atoms with Gasteiger partial charge in [-0.1, -0.05) is 18.2 Å². The Bertz CT molecular complexity index is 1940. The summed E-state index contributed by atoms with van der Waals surface area (Å²) in [5, 5.41) is 16.0. The number of aliphatic hydroxyl groups excluding tert-OH is 1. The second-order valence-corrected chi connectivity index (χ2v) is 13.9. The molecule has 1 unspecified atom stereocenters. The first-order chi connectivity index (χ1) is 21.6. The van der Waals surface area contributed by atoms with Crippen LogP contribution in [0.3, 0.4) is 0 Å². The third-order valence-corrected chi connectivity index (χ3v) is 10.6. The second-order valence-electron chi connectivity index (χ2n) is 11.6. The lowest BCUT2D eigenvalue weighted by atomic mass is 9.90. The molecule has 0 radical (unpaired) electrons. The molecule has 4 aromatic rings. The average molecular weight is 635 g/mol. The number of carbonyl (C=O) groups excluding carboxylic acids is 1.